The number of fused-ring (bicyclic) bond motifs is 1. The van der Waals surface area contributed by atoms with Crippen LogP contribution in [0.4, 0.5) is 0 Å². The molecular formula is C56H70N12O8. The molecule has 1 aliphatic heterocycles. The Morgan fingerprint density at radius 2 is 1.18 bits per heavy atom. The predicted molar refractivity (Wildman–Crippen MR) is 289 cm³/mol. The summed E-state index contributed by atoms with van der Waals surface area (Å²) in [5, 5.41) is 20.2. The Balaban J connectivity index is 1.39. The number of aliphatic imine (C=N–C) groups is 1. The van der Waals surface area contributed by atoms with Gasteiger partial charge in [0.25, 0.3) is 0 Å². The highest BCUT2D eigenvalue weighted by atomic mass is 16.2. The van der Waals surface area contributed by atoms with Gasteiger partial charge in [-0.05, 0) is 72.4 Å². The van der Waals surface area contributed by atoms with Crippen LogP contribution in [0, 0.1) is 0 Å². The van der Waals surface area contributed by atoms with Gasteiger partial charge in [0, 0.05) is 55.9 Å². The van der Waals surface area contributed by atoms with Gasteiger partial charge in [-0.15, -0.1) is 0 Å². The number of nitrogens with two attached hydrogens (primary N) is 3. The molecule has 0 saturated carbocycles. The number of primary amides is 1. The summed E-state index contributed by atoms with van der Waals surface area (Å²) in [5.74, 6) is -5.90. The average molecular weight is 1040 g/mol. The Bertz CT molecular complexity index is 2800. The van der Waals surface area contributed by atoms with Crippen LogP contribution in [0.1, 0.15) is 81.4 Å². The zero-order valence-electron chi connectivity index (χ0n) is 42.8. The molecule has 1 saturated heterocycles. The van der Waals surface area contributed by atoms with Crippen molar-refractivity contribution in [3.63, 3.8) is 0 Å². The molecule has 0 bridgehead atoms. The summed E-state index contributed by atoms with van der Waals surface area (Å²) in [6, 6.07) is 25.4. The fraction of sp³-hybridized carbons (Fsp3) is 0.375. The molecule has 8 amide bonds. The largest absolute Gasteiger partial charge is 0.370 e. The Morgan fingerprint density at radius 1 is 0.618 bits per heavy atom. The molecule has 0 spiro atoms. The van der Waals surface area contributed by atoms with Crippen molar-refractivity contribution in [3.05, 3.63) is 132 Å². The second-order valence-electron chi connectivity index (χ2n) is 19.0. The molecule has 0 aliphatic carbocycles. The van der Waals surface area contributed by atoms with Crippen molar-refractivity contribution in [2.45, 2.75) is 120 Å². The fourth-order valence-corrected chi connectivity index (χ4v) is 8.89. The first kappa shape index (κ1) is 56.7. The lowest BCUT2D eigenvalue weighted by Crippen LogP contribution is -2.60. The molecule has 6 atom stereocenters. The first-order valence-electron chi connectivity index (χ1n) is 25.8. The number of benzene rings is 4. The second kappa shape index (κ2) is 28.8. The standard InChI is InChI=1S/C56H70N12O8/c1-2-3-23-48(69)63-47-33-49(70)60-28-13-12-21-42(50(57)71)64-54(75)46(32-39-34-62-41-20-11-10-19-40(39)41)68-51(72)43(22-14-29-61-56(58)59)65-52(73)44(30-35-15-6-4-7-16-35)66-53(74)45(67-55(47)76)31-36-24-26-38(27-25-36)37-17-8-5-9-18-37/h4-11,15-20,24-27,34,42-47,62H,2-3,12-14,21-23,28-33H2,1H3,(H2,57,71)(H,60,70)(H,63,69)(H,64,75)(H,65,73)(H,66,74)(H,67,76)(H,68,72)(H4,58,59,61)/t42-,43+,44-,45+,46-,47+/m0/s1. The van der Waals surface area contributed by atoms with E-state index < -0.39 is 89.9 Å². The highest BCUT2D eigenvalue weighted by Gasteiger charge is 2.34. The Labute approximate surface area is 441 Å². The molecule has 1 aliphatic rings. The number of guanidine groups is 1. The molecule has 5 aromatic rings. The van der Waals surface area contributed by atoms with Gasteiger partial charge in [0.1, 0.15) is 36.3 Å². The van der Waals surface area contributed by atoms with Gasteiger partial charge >= 0.3 is 0 Å². The SMILES string of the molecule is CCCCC(=O)N[C@@H]1CC(=O)NCCCC[C@@H](C(N)=O)NC(=O)[C@H](Cc2c[nH]c3ccccc23)NC(=O)[C@@H](CCCN=C(N)N)NC(=O)[C@H](Cc2ccccc2)NC(=O)[C@@H](Cc2ccc(-c3ccccc3)cc2)NC1=O. The Morgan fingerprint density at radius 3 is 1.84 bits per heavy atom. The lowest BCUT2D eigenvalue weighted by atomic mass is 9.99. The van der Waals surface area contributed by atoms with Gasteiger partial charge < -0.3 is 59.4 Å². The quantitative estimate of drug-likeness (QED) is 0.0389. The molecule has 14 N–H and O–H groups in total. The van der Waals surface area contributed by atoms with Crippen molar-refractivity contribution in [2.75, 3.05) is 13.1 Å². The van der Waals surface area contributed by atoms with Crippen LogP contribution >= 0.6 is 0 Å². The maximum absolute atomic E-state index is 14.9. The highest BCUT2D eigenvalue weighted by molar-refractivity contribution is 5.98. The monoisotopic (exact) mass is 1040 g/mol. The molecule has 1 aromatic heterocycles. The van der Waals surface area contributed by atoms with Crippen LogP contribution in [0.25, 0.3) is 22.0 Å². The number of H-pyrrole nitrogens is 1. The van der Waals surface area contributed by atoms with Crippen molar-refractivity contribution in [1.29, 1.82) is 0 Å². The number of aromatic amines is 1. The van der Waals surface area contributed by atoms with E-state index in [1.165, 1.54) is 0 Å². The lowest BCUT2D eigenvalue weighted by Gasteiger charge is -2.28. The number of para-hydroxylation sites is 1. The highest BCUT2D eigenvalue weighted by Crippen LogP contribution is 2.22. The third-order valence-corrected chi connectivity index (χ3v) is 13.1. The van der Waals surface area contributed by atoms with Crippen molar-refractivity contribution >= 4 is 64.1 Å². The molecule has 0 unspecified atom stereocenters. The molecular weight excluding hydrogens is 969 g/mol. The molecule has 76 heavy (non-hydrogen) atoms. The van der Waals surface area contributed by atoms with E-state index >= 15 is 0 Å². The predicted octanol–water partition coefficient (Wildman–Crippen LogP) is 2.19. The Hall–Kier alpha value is -8.55. The molecule has 6 rings (SSSR count). The zero-order chi connectivity index (χ0) is 54.4. The molecule has 2 heterocycles. The Kier molecular flexibility index (Phi) is 21.5. The van der Waals surface area contributed by atoms with Crippen LogP contribution in [0.15, 0.2) is 120 Å². The van der Waals surface area contributed by atoms with E-state index in [9.17, 15) is 38.4 Å². The minimum atomic E-state index is -1.41. The summed E-state index contributed by atoms with van der Waals surface area (Å²) in [6.07, 6.45) is 3.26. The van der Waals surface area contributed by atoms with Crippen molar-refractivity contribution in [1.82, 2.24) is 42.2 Å². The summed E-state index contributed by atoms with van der Waals surface area (Å²) in [7, 11) is 0. The van der Waals surface area contributed by atoms with Crippen LogP contribution in [-0.4, -0.2) is 108 Å². The molecule has 20 heteroatoms. The van der Waals surface area contributed by atoms with Crippen molar-refractivity contribution in [2.24, 2.45) is 22.2 Å². The van der Waals surface area contributed by atoms with Gasteiger partial charge in [-0.2, -0.15) is 0 Å². The number of carbonyl (C=O) groups excluding carboxylic acids is 8. The lowest BCUT2D eigenvalue weighted by molar-refractivity contribution is -0.136. The van der Waals surface area contributed by atoms with E-state index in [2.05, 4.69) is 47.2 Å². The second-order valence-corrected chi connectivity index (χ2v) is 19.0. The number of carbonyl (C=O) groups is 8. The number of nitrogens with one attached hydrogen (secondary N) is 8. The summed E-state index contributed by atoms with van der Waals surface area (Å²) >= 11 is 0. The third-order valence-electron chi connectivity index (χ3n) is 13.1. The van der Waals surface area contributed by atoms with Gasteiger partial charge in [0.15, 0.2) is 5.96 Å². The van der Waals surface area contributed by atoms with Gasteiger partial charge in [-0.3, -0.25) is 43.3 Å². The van der Waals surface area contributed by atoms with E-state index in [4.69, 9.17) is 17.2 Å². The number of rotatable bonds is 16. The van der Waals surface area contributed by atoms with Crippen molar-refractivity contribution in [3.8, 4) is 11.1 Å². The van der Waals surface area contributed by atoms with Gasteiger partial charge in [-0.1, -0.05) is 116 Å². The maximum Gasteiger partial charge on any atom is 0.243 e. The van der Waals surface area contributed by atoms with E-state index in [0.717, 1.165) is 22.0 Å². The average Bonchev–Trinajstić information content (AvgIpc) is 3.82. The number of aromatic nitrogens is 1. The number of hydrogen-bond acceptors (Lipinski definition) is 9. The van der Waals surface area contributed by atoms with E-state index in [-0.39, 0.29) is 64.0 Å². The van der Waals surface area contributed by atoms with E-state index in [1.54, 1.807) is 36.5 Å². The van der Waals surface area contributed by atoms with Crippen molar-refractivity contribution < 1.29 is 38.4 Å². The normalized spacial score (nSPS) is 20.6. The summed E-state index contributed by atoms with van der Waals surface area (Å²) < 4.78 is 0. The smallest absolute Gasteiger partial charge is 0.243 e. The van der Waals surface area contributed by atoms with Gasteiger partial charge in [-0.25, -0.2) is 0 Å². The minimum absolute atomic E-state index is 0.0263. The van der Waals surface area contributed by atoms with E-state index in [0.29, 0.717) is 42.4 Å². The maximum atomic E-state index is 14.9. The topological polar surface area (TPSA) is 327 Å². The number of hydrogen-bond donors (Lipinski definition) is 11. The molecule has 20 nitrogen and oxygen atoms in total. The number of amides is 8. The first-order chi connectivity index (χ1) is 36.7. The molecule has 4 aromatic carbocycles. The van der Waals surface area contributed by atoms with E-state index in [1.807, 2.05) is 85.8 Å². The van der Waals surface area contributed by atoms with Gasteiger partial charge in [0.2, 0.25) is 47.3 Å². The molecule has 0 radical (unpaired) electrons. The van der Waals surface area contributed by atoms with Crippen LogP contribution < -0.4 is 54.4 Å². The zero-order valence-corrected chi connectivity index (χ0v) is 42.8. The summed E-state index contributed by atoms with van der Waals surface area (Å²) in [4.78, 5) is 120. The first-order valence-corrected chi connectivity index (χ1v) is 25.8. The molecule has 1 fully saturated rings. The number of unbranched alkanes of at least 4 members (excludes halogenated alkanes) is 1. The van der Waals surface area contributed by atoms with Crippen LogP contribution in [0.3, 0.4) is 0 Å². The minimum Gasteiger partial charge on any atom is -0.370 e. The van der Waals surface area contributed by atoms with Crippen LogP contribution in [-0.2, 0) is 57.6 Å². The molecule has 402 valence electrons. The van der Waals surface area contributed by atoms with Gasteiger partial charge in [0.05, 0.1) is 6.42 Å². The third kappa shape index (κ3) is 17.6. The van der Waals surface area contributed by atoms with Crippen LogP contribution in [0.5, 0.6) is 0 Å². The summed E-state index contributed by atoms with van der Waals surface area (Å²) in [5.41, 5.74) is 21.7. The number of nitrogens with zero attached hydrogens (tertiary/aromatic N) is 1. The summed E-state index contributed by atoms with van der Waals surface area (Å²) in [6.45, 7) is 2.10. The van der Waals surface area contributed by atoms with Crippen LogP contribution in [0.2, 0.25) is 0 Å². The fourth-order valence-electron chi connectivity index (χ4n) is 8.89.